The molecule has 110 valence electrons. The lowest BCUT2D eigenvalue weighted by atomic mass is 10.2. The fourth-order valence-electron chi connectivity index (χ4n) is 2.14. The Kier molecular flexibility index (Phi) is 3.70. The van der Waals surface area contributed by atoms with Crippen LogP contribution in [0.4, 0.5) is 16.2 Å². The van der Waals surface area contributed by atoms with Gasteiger partial charge in [-0.1, -0.05) is 17.7 Å². The van der Waals surface area contributed by atoms with Crippen LogP contribution in [0.25, 0.3) is 11.0 Å². The summed E-state index contributed by atoms with van der Waals surface area (Å²) in [5, 5.41) is 6.51. The molecule has 0 aliphatic heterocycles. The highest BCUT2D eigenvalue weighted by atomic mass is 16.2. The van der Waals surface area contributed by atoms with Crippen molar-refractivity contribution >= 4 is 28.4 Å². The topological polar surface area (TPSA) is 66.9 Å². The molecule has 3 rings (SSSR count). The summed E-state index contributed by atoms with van der Waals surface area (Å²) in [7, 11) is 0. The van der Waals surface area contributed by atoms with Gasteiger partial charge in [0, 0.05) is 17.3 Å². The Morgan fingerprint density at radius 1 is 1.05 bits per heavy atom. The Labute approximate surface area is 128 Å². The van der Waals surface area contributed by atoms with Gasteiger partial charge in [-0.3, -0.25) is 0 Å². The number of hydrogen-bond donors (Lipinski definition) is 2. The average molecular weight is 292 g/mol. The van der Waals surface area contributed by atoms with Gasteiger partial charge in [-0.05, 0) is 44.2 Å². The van der Waals surface area contributed by atoms with Crippen molar-refractivity contribution < 1.29 is 4.79 Å². The third kappa shape index (κ3) is 3.03. The zero-order valence-corrected chi connectivity index (χ0v) is 12.4. The number of nitrogens with zero attached hydrogens (tertiary/aromatic N) is 2. The highest BCUT2D eigenvalue weighted by molar-refractivity contribution is 6.01. The predicted molar refractivity (Wildman–Crippen MR) is 88.1 cm³/mol. The van der Waals surface area contributed by atoms with Crippen LogP contribution in [0, 0.1) is 13.8 Å². The molecule has 0 bridgehead atoms. The number of aromatic nitrogens is 2. The Morgan fingerprint density at radius 3 is 2.59 bits per heavy atom. The number of carbonyl (C=O) groups is 1. The van der Waals surface area contributed by atoms with Gasteiger partial charge in [0.15, 0.2) is 5.65 Å². The molecule has 3 aromatic rings. The Hall–Kier alpha value is -2.95. The second-order valence-corrected chi connectivity index (χ2v) is 5.12. The van der Waals surface area contributed by atoms with Crippen LogP contribution in [0.1, 0.15) is 11.3 Å². The lowest BCUT2D eigenvalue weighted by Crippen LogP contribution is -2.20. The molecule has 2 heterocycles. The third-order valence-corrected chi connectivity index (χ3v) is 3.34. The molecule has 5 heteroatoms. The van der Waals surface area contributed by atoms with Crippen molar-refractivity contribution in [3.05, 3.63) is 59.9 Å². The van der Waals surface area contributed by atoms with Gasteiger partial charge in [-0.2, -0.15) is 0 Å². The van der Waals surface area contributed by atoms with Gasteiger partial charge in [0.1, 0.15) is 0 Å². The maximum atomic E-state index is 12.1. The quantitative estimate of drug-likeness (QED) is 0.753. The van der Waals surface area contributed by atoms with Gasteiger partial charge in [0.2, 0.25) is 0 Å². The van der Waals surface area contributed by atoms with Gasteiger partial charge in [-0.25, -0.2) is 14.8 Å². The molecule has 1 aromatic carbocycles. The van der Waals surface area contributed by atoms with E-state index in [0.717, 1.165) is 22.3 Å². The summed E-state index contributed by atoms with van der Waals surface area (Å²) in [4.78, 5) is 20.7. The standard InChI is InChI=1S/C17H16N4O/c1-11-5-7-14(8-6-11)20-17(22)21-15-10-13-4-3-9-18-16(13)19-12(15)2/h3-10H,1-2H3,(H2,20,21,22). The second-order valence-electron chi connectivity index (χ2n) is 5.12. The number of benzene rings is 1. The molecular formula is C17H16N4O. The largest absolute Gasteiger partial charge is 0.323 e. The molecule has 2 N–H and O–H groups in total. The molecule has 0 spiro atoms. The third-order valence-electron chi connectivity index (χ3n) is 3.34. The molecule has 0 radical (unpaired) electrons. The van der Waals surface area contributed by atoms with Crippen LogP contribution in [0.2, 0.25) is 0 Å². The predicted octanol–water partition coefficient (Wildman–Crippen LogP) is 3.89. The molecule has 0 unspecified atom stereocenters. The van der Waals surface area contributed by atoms with Crippen LogP contribution in [0.3, 0.4) is 0 Å². The number of fused-ring (bicyclic) bond motifs is 1. The van der Waals surface area contributed by atoms with E-state index in [1.807, 2.05) is 56.3 Å². The van der Waals surface area contributed by atoms with E-state index in [-0.39, 0.29) is 6.03 Å². The molecule has 0 saturated carbocycles. The fraction of sp³-hybridized carbons (Fsp3) is 0.118. The summed E-state index contributed by atoms with van der Waals surface area (Å²) in [5.41, 5.74) is 3.96. The summed E-state index contributed by atoms with van der Waals surface area (Å²) in [6.07, 6.45) is 1.70. The van der Waals surface area contributed by atoms with E-state index in [1.165, 1.54) is 0 Å². The zero-order valence-electron chi connectivity index (χ0n) is 12.4. The summed E-state index contributed by atoms with van der Waals surface area (Å²) in [6, 6.07) is 13.0. The van der Waals surface area contributed by atoms with Crippen LogP contribution in [0.15, 0.2) is 48.7 Å². The van der Waals surface area contributed by atoms with E-state index < -0.39 is 0 Å². The van der Waals surface area contributed by atoms with E-state index in [0.29, 0.717) is 11.3 Å². The minimum Gasteiger partial charge on any atom is -0.308 e. The number of amides is 2. The molecule has 5 nitrogen and oxygen atoms in total. The number of pyridine rings is 2. The number of carbonyl (C=O) groups excluding carboxylic acids is 1. The lowest BCUT2D eigenvalue weighted by Gasteiger charge is -2.10. The second kappa shape index (κ2) is 5.81. The summed E-state index contributed by atoms with van der Waals surface area (Å²) >= 11 is 0. The minimum atomic E-state index is -0.294. The molecule has 0 fully saturated rings. The first-order valence-electron chi connectivity index (χ1n) is 6.99. The summed E-state index contributed by atoms with van der Waals surface area (Å²) < 4.78 is 0. The van der Waals surface area contributed by atoms with Gasteiger partial charge in [0.05, 0.1) is 11.4 Å². The number of urea groups is 1. The van der Waals surface area contributed by atoms with Gasteiger partial charge >= 0.3 is 6.03 Å². The lowest BCUT2D eigenvalue weighted by molar-refractivity contribution is 0.262. The fourth-order valence-corrected chi connectivity index (χ4v) is 2.14. The van der Waals surface area contributed by atoms with Crippen molar-refractivity contribution in [1.82, 2.24) is 9.97 Å². The van der Waals surface area contributed by atoms with Gasteiger partial charge in [-0.15, -0.1) is 0 Å². The van der Waals surface area contributed by atoms with Crippen molar-refractivity contribution in [1.29, 1.82) is 0 Å². The van der Waals surface area contributed by atoms with E-state index in [1.54, 1.807) is 6.20 Å². The highest BCUT2D eigenvalue weighted by Gasteiger charge is 2.08. The van der Waals surface area contributed by atoms with Crippen LogP contribution in [-0.2, 0) is 0 Å². The number of aryl methyl sites for hydroxylation is 2. The first kappa shape index (κ1) is 14.0. The molecule has 0 atom stereocenters. The molecule has 0 aliphatic rings. The van der Waals surface area contributed by atoms with E-state index in [9.17, 15) is 4.79 Å². The Bertz CT molecular complexity index is 828. The maximum Gasteiger partial charge on any atom is 0.323 e. The van der Waals surface area contributed by atoms with Crippen molar-refractivity contribution in [3.63, 3.8) is 0 Å². The molecule has 0 saturated heterocycles. The minimum absolute atomic E-state index is 0.294. The van der Waals surface area contributed by atoms with Crippen molar-refractivity contribution in [2.24, 2.45) is 0 Å². The Balaban J connectivity index is 1.78. The smallest absolute Gasteiger partial charge is 0.308 e. The van der Waals surface area contributed by atoms with Crippen molar-refractivity contribution in [2.45, 2.75) is 13.8 Å². The van der Waals surface area contributed by atoms with Crippen molar-refractivity contribution in [3.8, 4) is 0 Å². The number of rotatable bonds is 2. The van der Waals surface area contributed by atoms with Crippen LogP contribution < -0.4 is 10.6 Å². The normalized spacial score (nSPS) is 10.5. The SMILES string of the molecule is Cc1ccc(NC(=O)Nc2cc3cccnc3nc2C)cc1. The van der Waals surface area contributed by atoms with E-state index in [4.69, 9.17) is 0 Å². The average Bonchev–Trinajstić information content (AvgIpc) is 2.50. The van der Waals surface area contributed by atoms with E-state index >= 15 is 0 Å². The van der Waals surface area contributed by atoms with E-state index in [2.05, 4.69) is 20.6 Å². The molecule has 2 aromatic heterocycles. The van der Waals surface area contributed by atoms with Crippen LogP contribution in [-0.4, -0.2) is 16.0 Å². The van der Waals surface area contributed by atoms with Gasteiger partial charge < -0.3 is 10.6 Å². The zero-order chi connectivity index (χ0) is 15.5. The molecule has 0 aliphatic carbocycles. The summed E-state index contributed by atoms with van der Waals surface area (Å²) in [5.74, 6) is 0. The maximum absolute atomic E-state index is 12.1. The first-order valence-corrected chi connectivity index (χ1v) is 6.99. The van der Waals surface area contributed by atoms with Crippen molar-refractivity contribution in [2.75, 3.05) is 10.6 Å². The van der Waals surface area contributed by atoms with Crippen LogP contribution in [0.5, 0.6) is 0 Å². The summed E-state index contributed by atoms with van der Waals surface area (Å²) in [6.45, 7) is 3.84. The highest BCUT2D eigenvalue weighted by Crippen LogP contribution is 2.19. The molecule has 22 heavy (non-hydrogen) atoms. The van der Waals surface area contributed by atoms with Gasteiger partial charge in [0.25, 0.3) is 0 Å². The molecular weight excluding hydrogens is 276 g/mol. The Morgan fingerprint density at radius 2 is 1.82 bits per heavy atom. The number of hydrogen-bond acceptors (Lipinski definition) is 3. The number of anilines is 2. The monoisotopic (exact) mass is 292 g/mol. The molecule has 2 amide bonds. The van der Waals surface area contributed by atoms with Crippen LogP contribution >= 0.6 is 0 Å². The number of nitrogens with one attached hydrogen (secondary N) is 2. The first-order chi connectivity index (χ1) is 10.6.